The lowest BCUT2D eigenvalue weighted by Crippen LogP contribution is -2.38. The van der Waals surface area contributed by atoms with Crippen LogP contribution in [0.3, 0.4) is 0 Å². The standard InChI is InChI=1S/C23H31FN4O2/c1-18-8-2-4-14-28(18)15-5-3-12-26-23(29)27-17-19-9-7-13-25-22(19)30-21-11-6-10-20(24)16-21/h6-7,9-11,13,16,18H,2-5,8,12,14-15,17H2,1H3,(H2,26,27,29). The molecule has 1 unspecified atom stereocenters. The molecule has 0 bridgehead atoms. The number of hydrogen-bond donors (Lipinski definition) is 2. The molecule has 0 saturated carbocycles. The summed E-state index contributed by atoms with van der Waals surface area (Å²) in [6.07, 6.45) is 7.56. The van der Waals surface area contributed by atoms with E-state index in [-0.39, 0.29) is 18.4 Å². The normalized spacial score (nSPS) is 16.8. The van der Waals surface area contributed by atoms with Gasteiger partial charge in [0.1, 0.15) is 11.6 Å². The molecule has 1 aliphatic heterocycles. The van der Waals surface area contributed by atoms with E-state index < -0.39 is 0 Å². The van der Waals surface area contributed by atoms with Crippen LogP contribution in [-0.2, 0) is 6.54 Å². The average Bonchev–Trinajstić information content (AvgIpc) is 2.74. The smallest absolute Gasteiger partial charge is 0.315 e. The van der Waals surface area contributed by atoms with E-state index in [1.807, 2.05) is 6.07 Å². The molecule has 2 amide bonds. The van der Waals surface area contributed by atoms with Crippen molar-refractivity contribution >= 4 is 6.03 Å². The third-order valence-electron chi connectivity index (χ3n) is 5.40. The number of nitrogens with one attached hydrogen (secondary N) is 2. The van der Waals surface area contributed by atoms with Gasteiger partial charge in [-0.2, -0.15) is 0 Å². The van der Waals surface area contributed by atoms with Crippen LogP contribution in [0.5, 0.6) is 11.6 Å². The number of rotatable bonds is 9. The van der Waals surface area contributed by atoms with Crippen molar-refractivity contribution in [3.8, 4) is 11.6 Å². The highest BCUT2D eigenvalue weighted by atomic mass is 19.1. The maximum Gasteiger partial charge on any atom is 0.315 e. The van der Waals surface area contributed by atoms with Gasteiger partial charge in [-0.1, -0.05) is 18.6 Å². The number of benzene rings is 1. The van der Waals surface area contributed by atoms with Crippen LogP contribution >= 0.6 is 0 Å². The first-order valence-electron chi connectivity index (χ1n) is 10.7. The van der Waals surface area contributed by atoms with Gasteiger partial charge < -0.3 is 20.3 Å². The lowest BCUT2D eigenvalue weighted by atomic mass is 10.0. The minimum atomic E-state index is -0.378. The van der Waals surface area contributed by atoms with Gasteiger partial charge in [0.05, 0.1) is 0 Å². The largest absolute Gasteiger partial charge is 0.439 e. The molecule has 2 heterocycles. The third-order valence-corrected chi connectivity index (χ3v) is 5.40. The van der Waals surface area contributed by atoms with Crippen molar-refractivity contribution in [1.82, 2.24) is 20.5 Å². The van der Waals surface area contributed by atoms with E-state index in [9.17, 15) is 9.18 Å². The molecular formula is C23H31FN4O2. The topological polar surface area (TPSA) is 66.5 Å². The van der Waals surface area contributed by atoms with Gasteiger partial charge in [0.25, 0.3) is 0 Å². The van der Waals surface area contributed by atoms with Crippen LogP contribution in [0.15, 0.2) is 42.6 Å². The van der Waals surface area contributed by atoms with Gasteiger partial charge in [-0.25, -0.2) is 14.2 Å². The number of halogens is 1. The Labute approximate surface area is 177 Å². The number of hydrogen-bond acceptors (Lipinski definition) is 4. The summed E-state index contributed by atoms with van der Waals surface area (Å²) >= 11 is 0. The second kappa shape index (κ2) is 11.5. The number of pyridine rings is 1. The molecule has 6 nitrogen and oxygen atoms in total. The Morgan fingerprint density at radius 1 is 1.23 bits per heavy atom. The Balaban J connectivity index is 1.37. The van der Waals surface area contributed by atoms with Crippen LogP contribution < -0.4 is 15.4 Å². The fourth-order valence-corrected chi connectivity index (χ4v) is 3.66. The fraction of sp³-hybridized carbons (Fsp3) is 0.478. The zero-order chi connectivity index (χ0) is 21.2. The second-order valence-corrected chi connectivity index (χ2v) is 7.72. The van der Waals surface area contributed by atoms with Crippen molar-refractivity contribution in [3.63, 3.8) is 0 Å². The minimum Gasteiger partial charge on any atom is -0.439 e. The molecule has 2 N–H and O–H groups in total. The van der Waals surface area contributed by atoms with Gasteiger partial charge >= 0.3 is 6.03 Å². The Hall–Kier alpha value is -2.67. The summed E-state index contributed by atoms with van der Waals surface area (Å²) < 4.78 is 19.0. The highest BCUT2D eigenvalue weighted by Crippen LogP contribution is 2.23. The number of ether oxygens (including phenoxy) is 1. The molecule has 7 heteroatoms. The number of aromatic nitrogens is 1. The first-order chi connectivity index (χ1) is 14.6. The number of urea groups is 1. The highest BCUT2D eigenvalue weighted by molar-refractivity contribution is 5.73. The molecule has 1 atom stereocenters. The Morgan fingerprint density at radius 3 is 2.97 bits per heavy atom. The average molecular weight is 415 g/mol. The van der Waals surface area contributed by atoms with Crippen molar-refractivity contribution in [2.24, 2.45) is 0 Å². The Morgan fingerprint density at radius 2 is 2.13 bits per heavy atom. The van der Waals surface area contributed by atoms with E-state index in [1.54, 1.807) is 24.4 Å². The van der Waals surface area contributed by atoms with Crippen LogP contribution in [0.4, 0.5) is 9.18 Å². The number of unbranched alkanes of at least 4 members (excludes halogenated alkanes) is 1. The SMILES string of the molecule is CC1CCCCN1CCCCNC(=O)NCc1cccnc1Oc1cccc(F)c1. The number of carbonyl (C=O) groups excluding carboxylic acids is 1. The van der Waals surface area contributed by atoms with Crippen molar-refractivity contribution in [2.75, 3.05) is 19.6 Å². The molecule has 1 aromatic carbocycles. The third kappa shape index (κ3) is 6.99. The molecule has 30 heavy (non-hydrogen) atoms. The predicted octanol–water partition coefficient (Wildman–Crippen LogP) is 4.47. The number of piperidine rings is 1. The molecule has 3 rings (SSSR count). The lowest BCUT2D eigenvalue weighted by Gasteiger charge is -2.33. The zero-order valence-electron chi connectivity index (χ0n) is 17.6. The van der Waals surface area contributed by atoms with E-state index in [2.05, 4.69) is 27.4 Å². The molecule has 162 valence electrons. The lowest BCUT2D eigenvalue weighted by molar-refractivity contribution is 0.158. The van der Waals surface area contributed by atoms with Crippen molar-refractivity contribution in [1.29, 1.82) is 0 Å². The molecule has 1 aliphatic rings. The van der Waals surface area contributed by atoms with Crippen LogP contribution in [0.1, 0.15) is 44.6 Å². The van der Waals surface area contributed by atoms with Crippen LogP contribution in [0, 0.1) is 5.82 Å². The van der Waals surface area contributed by atoms with Crippen LogP contribution in [0.25, 0.3) is 0 Å². The monoisotopic (exact) mass is 414 g/mol. The van der Waals surface area contributed by atoms with Gasteiger partial charge in [0.2, 0.25) is 5.88 Å². The first kappa shape index (κ1) is 22.0. The van der Waals surface area contributed by atoms with Gasteiger partial charge in [0, 0.05) is 37.0 Å². The second-order valence-electron chi connectivity index (χ2n) is 7.72. The fourth-order valence-electron chi connectivity index (χ4n) is 3.66. The summed E-state index contributed by atoms with van der Waals surface area (Å²) in [7, 11) is 0. The van der Waals surface area contributed by atoms with E-state index in [0.29, 0.717) is 24.2 Å². The van der Waals surface area contributed by atoms with E-state index in [4.69, 9.17) is 4.74 Å². The molecule has 1 aromatic heterocycles. The molecular weight excluding hydrogens is 383 g/mol. The van der Waals surface area contributed by atoms with Crippen LogP contribution in [-0.4, -0.2) is 41.6 Å². The van der Waals surface area contributed by atoms with Gasteiger partial charge in [-0.3, -0.25) is 0 Å². The summed E-state index contributed by atoms with van der Waals surface area (Å²) in [5.41, 5.74) is 0.719. The number of likely N-dealkylation sites (tertiary alicyclic amines) is 1. The first-order valence-corrected chi connectivity index (χ1v) is 10.7. The zero-order valence-corrected chi connectivity index (χ0v) is 17.6. The maximum absolute atomic E-state index is 13.4. The van der Waals surface area contributed by atoms with Crippen molar-refractivity contribution in [2.45, 2.75) is 51.6 Å². The minimum absolute atomic E-state index is 0.220. The molecule has 0 radical (unpaired) electrons. The van der Waals surface area contributed by atoms with Crippen molar-refractivity contribution < 1.29 is 13.9 Å². The molecule has 0 aliphatic carbocycles. The van der Waals surface area contributed by atoms with E-state index in [1.165, 1.54) is 37.9 Å². The van der Waals surface area contributed by atoms with Gasteiger partial charge in [0.15, 0.2) is 0 Å². The van der Waals surface area contributed by atoms with Crippen LogP contribution in [0.2, 0.25) is 0 Å². The molecule has 2 aromatic rings. The summed E-state index contributed by atoms with van der Waals surface area (Å²) in [6.45, 7) is 5.51. The summed E-state index contributed by atoms with van der Waals surface area (Å²) in [6, 6.07) is 9.93. The molecule has 0 spiro atoms. The highest BCUT2D eigenvalue weighted by Gasteiger charge is 2.17. The summed E-state index contributed by atoms with van der Waals surface area (Å²) in [5.74, 6) is 0.332. The summed E-state index contributed by atoms with van der Waals surface area (Å²) in [4.78, 5) is 18.8. The predicted molar refractivity (Wildman–Crippen MR) is 115 cm³/mol. The van der Waals surface area contributed by atoms with Gasteiger partial charge in [-0.05, 0) is 63.9 Å². The Bertz CT molecular complexity index is 817. The maximum atomic E-state index is 13.4. The number of nitrogens with zero attached hydrogens (tertiary/aromatic N) is 2. The van der Waals surface area contributed by atoms with Gasteiger partial charge in [-0.15, -0.1) is 0 Å². The number of amides is 2. The quantitative estimate of drug-likeness (QED) is 0.594. The van der Waals surface area contributed by atoms with E-state index in [0.717, 1.165) is 24.9 Å². The van der Waals surface area contributed by atoms with E-state index >= 15 is 0 Å². The molecule has 1 fully saturated rings. The molecule has 1 saturated heterocycles. The Kier molecular flexibility index (Phi) is 8.44. The number of carbonyl (C=O) groups is 1. The van der Waals surface area contributed by atoms with Crippen molar-refractivity contribution in [3.05, 3.63) is 54.0 Å². The summed E-state index contributed by atoms with van der Waals surface area (Å²) in [5, 5.41) is 5.73.